The number of urea groups is 1. The number of hydrogen-bond donors (Lipinski definition) is 1. The van der Waals surface area contributed by atoms with E-state index in [-0.39, 0.29) is 19.2 Å². The molecule has 0 aliphatic carbocycles. The summed E-state index contributed by atoms with van der Waals surface area (Å²) < 4.78 is 11.4. The summed E-state index contributed by atoms with van der Waals surface area (Å²) in [5.74, 6) is 0.993. The van der Waals surface area contributed by atoms with Crippen molar-refractivity contribution in [1.29, 1.82) is 0 Å². The summed E-state index contributed by atoms with van der Waals surface area (Å²) in [5, 5.41) is 4.69. The average molecular weight is 409 g/mol. The summed E-state index contributed by atoms with van der Waals surface area (Å²) in [7, 11) is 0. The normalized spacial score (nSPS) is 22.2. The summed E-state index contributed by atoms with van der Waals surface area (Å²) in [4.78, 5) is 27.3. The third-order valence-electron chi connectivity index (χ3n) is 4.16. The number of thiophene rings is 1. The molecule has 0 radical (unpaired) electrons. The van der Waals surface area contributed by atoms with Crippen LogP contribution < -0.4 is 14.8 Å². The van der Waals surface area contributed by atoms with E-state index in [2.05, 4.69) is 21.2 Å². The number of imide groups is 1. The number of nitrogens with one attached hydrogen (secondary N) is 1. The van der Waals surface area contributed by atoms with Crippen molar-refractivity contribution < 1.29 is 19.1 Å². The van der Waals surface area contributed by atoms with Gasteiger partial charge in [0.2, 0.25) is 6.79 Å². The first-order chi connectivity index (χ1) is 11.5. The van der Waals surface area contributed by atoms with E-state index in [9.17, 15) is 9.59 Å². The van der Waals surface area contributed by atoms with E-state index >= 15 is 0 Å². The Morgan fingerprint density at radius 1 is 1.33 bits per heavy atom. The molecule has 4 rings (SSSR count). The molecular weight excluding hydrogens is 396 g/mol. The third-order valence-corrected chi connectivity index (χ3v) is 5.99. The first kappa shape index (κ1) is 15.5. The molecule has 2 aliphatic rings. The molecule has 6 nitrogen and oxygen atoms in total. The van der Waals surface area contributed by atoms with Crippen molar-refractivity contribution in [3.63, 3.8) is 0 Å². The second kappa shape index (κ2) is 5.49. The van der Waals surface area contributed by atoms with Gasteiger partial charge in [-0.15, -0.1) is 11.3 Å². The van der Waals surface area contributed by atoms with Crippen molar-refractivity contribution in [3.05, 3.63) is 44.6 Å². The number of amides is 3. The van der Waals surface area contributed by atoms with E-state index in [0.717, 1.165) is 14.9 Å². The van der Waals surface area contributed by atoms with Gasteiger partial charge in [-0.1, -0.05) is 22.0 Å². The minimum atomic E-state index is -1.02. The standard InChI is InChI=1S/C16H13BrN2O4S/c1-16(13-3-2-4-24-13)14(20)19(15(21)18-16)7-9-5-11-12(6-10(9)17)23-8-22-11/h2-6H,7-8H2,1H3,(H,18,21). The molecule has 0 bridgehead atoms. The maximum absolute atomic E-state index is 12.9. The van der Waals surface area contributed by atoms with Crippen molar-refractivity contribution in [2.45, 2.75) is 19.0 Å². The van der Waals surface area contributed by atoms with Crippen LogP contribution in [0.2, 0.25) is 0 Å². The van der Waals surface area contributed by atoms with Crippen LogP contribution >= 0.6 is 27.3 Å². The maximum Gasteiger partial charge on any atom is 0.325 e. The summed E-state index contributed by atoms with van der Waals surface area (Å²) >= 11 is 4.91. The molecular formula is C16H13BrN2O4S. The fourth-order valence-electron chi connectivity index (χ4n) is 2.82. The highest BCUT2D eigenvalue weighted by Crippen LogP contribution is 2.38. The number of hydrogen-bond acceptors (Lipinski definition) is 5. The van der Waals surface area contributed by atoms with Gasteiger partial charge in [-0.05, 0) is 36.1 Å². The Labute approximate surface area is 150 Å². The molecule has 2 aliphatic heterocycles. The third kappa shape index (κ3) is 2.29. The number of benzene rings is 1. The van der Waals surface area contributed by atoms with E-state index in [1.165, 1.54) is 16.2 Å². The van der Waals surface area contributed by atoms with Crippen LogP contribution in [0.1, 0.15) is 17.4 Å². The quantitative estimate of drug-likeness (QED) is 0.791. The highest BCUT2D eigenvalue weighted by atomic mass is 79.9. The molecule has 1 saturated heterocycles. The topological polar surface area (TPSA) is 67.9 Å². The van der Waals surface area contributed by atoms with E-state index in [4.69, 9.17) is 9.47 Å². The van der Waals surface area contributed by atoms with Crippen LogP contribution in [0.3, 0.4) is 0 Å². The molecule has 24 heavy (non-hydrogen) atoms. The van der Waals surface area contributed by atoms with Gasteiger partial charge in [0.25, 0.3) is 5.91 Å². The molecule has 1 fully saturated rings. The molecule has 1 unspecified atom stereocenters. The number of carbonyl (C=O) groups excluding carboxylic acids is 2. The predicted octanol–water partition coefficient (Wildman–Crippen LogP) is 3.21. The number of nitrogens with zero attached hydrogens (tertiary/aromatic N) is 1. The second-order valence-electron chi connectivity index (χ2n) is 5.72. The molecule has 1 aromatic heterocycles. The maximum atomic E-state index is 12.9. The van der Waals surface area contributed by atoms with Gasteiger partial charge in [-0.25, -0.2) is 4.79 Å². The van der Waals surface area contributed by atoms with Crippen molar-refractivity contribution in [2.75, 3.05) is 6.79 Å². The zero-order chi connectivity index (χ0) is 16.9. The first-order valence-electron chi connectivity index (χ1n) is 7.25. The Hall–Kier alpha value is -2.06. The highest BCUT2D eigenvalue weighted by molar-refractivity contribution is 9.10. The Morgan fingerprint density at radius 3 is 2.79 bits per heavy atom. The van der Waals surface area contributed by atoms with E-state index in [1.54, 1.807) is 19.1 Å². The van der Waals surface area contributed by atoms with Crippen molar-refractivity contribution >= 4 is 39.2 Å². The number of halogens is 1. The monoisotopic (exact) mass is 408 g/mol. The van der Waals surface area contributed by atoms with E-state index in [0.29, 0.717) is 11.5 Å². The lowest BCUT2D eigenvalue weighted by Crippen LogP contribution is -2.40. The predicted molar refractivity (Wildman–Crippen MR) is 91.0 cm³/mol. The van der Waals surface area contributed by atoms with Gasteiger partial charge < -0.3 is 14.8 Å². The molecule has 2 aromatic rings. The lowest BCUT2D eigenvalue weighted by Gasteiger charge is -2.20. The molecule has 0 spiro atoms. The van der Waals surface area contributed by atoms with Gasteiger partial charge in [0.1, 0.15) is 0 Å². The molecule has 3 heterocycles. The first-order valence-corrected chi connectivity index (χ1v) is 8.92. The molecule has 1 atom stereocenters. The number of ether oxygens (including phenoxy) is 2. The molecule has 1 aromatic carbocycles. The minimum absolute atomic E-state index is 0.156. The average Bonchev–Trinajstić information content (AvgIpc) is 3.25. The zero-order valence-corrected chi connectivity index (χ0v) is 15.1. The molecule has 124 valence electrons. The van der Waals surface area contributed by atoms with Crippen LogP contribution in [0.4, 0.5) is 4.79 Å². The lowest BCUT2D eigenvalue weighted by atomic mass is 10.0. The van der Waals surface area contributed by atoms with Crippen LogP contribution in [-0.4, -0.2) is 23.6 Å². The number of rotatable bonds is 3. The van der Waals surface area contributed by atoms with Gasteiger partial charge in [0.05, 0.1) is 6.54 Å². The van der Waals surface area contributed by atoms with E-state index < -0.39 is 11.6 Å². The van der Waals surface area contributed by atoms with Crippen LogP contribution in [0.5, 0.6) is 11.5 Å². The summed E-state index contributed by atoms with van der Waals surface area (Å²) in [5.41, 5.74) is -0.244. The van der Waals surface area contributed by atoms with Crippen molar-refractivity contribution in [2.24, 2.45) is 0 Å². The Balaban J connectivity index is 1.64. The second-order valence-corrected chi connectivity index (χ2v) is 7.52. The van der Waals surface area contributed by atoms with Crippen molar-refractivity contribution in [1.82, 2.24) is 10.2 Å². The number of fused-ring (bicyclic) bond motifs is 1. The molecule has 1 N–H and O–H groups in total. The van der Waals surface area contributed by atoms with Crippen LogP contribution in [0.15, 0.2) is 34.1 Å². The van der Waals surface area contributed by atoms with Crippen LogP contribution in [0, 0.1) is 0 Å². The number of carbonyl (C=O) groups is 2. The summed E-state index contributed by atoms with van der Waals surface area (Å²) in [6, 6.07) is 6.88. The Morgan fingerprint density at radius 2 is 2.08 bits per heavy atom. The Bertz CT molecular complexity index is 839. The molecule has 3 amide bonds. The largest absolute Gasteiger partial charge is 0.454 e. The summed E-state index contributed by atoms with van der Waals surface area (Å²) in [6.45, 7) is 2.06. The minimum Gasteiger partial charge on any atom is -0.454 e. The Kier molecular flexibility index (Phi) is 3.54. The molecule has 0 saturated carbocycles. The lowest BCUT2D eigenvalue weighted by molar-refractivity contribution is -0.131. The fraction of sp³-hybridized carbons (Fsp3) is 0.250. The fourth-order valence-corrected chi connectivity index (χ4v) is 4.10. The highest BCUT2D eigenvalue weighted by Gasteiger charge is 2.49. The van der Waals surface area contributed by atoms with Crippen molar-refractivity contribution in [3.8, 4) is 11.5 Å². The van der Waals surface area contributed by atoms with Gasteiger partial charge >= 0.3 is 6.03 Å². The van der Waals surface area contributed by atoms with E-state index in [1.807, 2.05) is 17.5 Å². The summed E-state index contributed by atoms with van der Waals surface area (Å²) in [6.07, 6.45) is 0. The van der Waals surface area contributed by atoms with Gasteiger partial charge in [-0.2, -0.15) is 0 Å². The van der Waals surface area contributed by atoms with Gasteiger partial charge in [-0.3, -0.25) is 9.69 Å². The molecule has 8 heteroatoms. The SMILES string of the molecule is CC1(c2cccs2)NC(=O)N(Cc2cc3c(cc2Br)OCO3)C1=O. The smallest absolute Gasteiger partial charge is 0.325 e. The zero-order valence-electron chi connectivity index (χ0n) is 12.7. The van der Waals surface area contributed by atoms with Crippen LogP contribution in [0.25, 0.3) is 0 Å². The van der Waals surface area contributed by atoms with Gasteiger partial charge in [0.15, 0.2) is 17.0 Å². The van der Waals surface area contributed by atoms with Gasteiger partial charge in [0, 0.05) is 9.35 Å². The van der Waals surface area contributed by atoms with Crippen LogP contribution in [-0.2, 0) is 16.9 Å².